The van der Waals surface area contributed by atoms with Crippen LogP contribution in [0.2, 0.25) is 0 Å². The predicted molar refractivity (Wildman–Crippen MR) is 238 cm³/mol. The van der Waals surface area contributed by atoms with Crippen molar-refractivity contribution in [3.8, 4) is 50.2 Å². The number of para-hydroxylation sites is 2. The zero-order valence-electron chi connectivity index (χ0n) is 31.2. The van der Waals surface area contributed by atoms with E-state index in [-0.39, 0.29) is 5.41 Å². The molecule has 1 spiro atoms. The molecule has 0 saturated heterocycles. The van der Waals surface area contributed by atoms with Crippen molar-refractivity contribution in [1.82, 2.24) is 4.57 Å². The topological polar surface area (TPSA) is 17.0 Å². The number of nitrogens with one attached hydrogen (secondary N) is 1. The largest absolute Gasteiger partial charge is 0.355 e. The predicted octanol–water partition coefficient (Wildman–Crippen LogP) is 14.2. The molecule has 0 unspecified atom stereocenters. The smallest absolute Gasteiger partial charge is 0.0726 e. The summed E-state index contributed by atoms with van der Waals surface area (Å²) >= 11 is 0. The van der Waals surface area contributed by atoms with Gasteiger partial charge < -0.3 is 9.88 Å². The van der Waals surface area contributed by atoms with Gasteiger partial charge in [0.2, 0.25) is 0 Å². The summed E-state index contributed by atoms with van der Waals surface area (Å²) in [6.45, 7) is 0. The zero-order chi connectivity index (χ0) is 37.5. The van der Waals surface area contributed by atoms with Crippen molar-refractivity contribution in [1.29, 1.82) is 0 Å². The first kappa shape index (κ1) is 31.9. The van der Waals surface area contributed by atoms with Gasteiger partial charge in [0.25, 0.3) is 0 Å². The van der Waals surface area contributed by atoms with Crippen LogP contribution in [0.5, 0.6) is 0 Å². The lowest BCUT2D eigenvalue weighted by Crippen LogP contribution is -2.25. The number of hydrogen-bond donors (Lipinski definition) is 1. The number of hydrogen-bond acceptors (Lipinski definition) is 1. The van der Waals surface area contributed by atoms with Crippen molar-refractivity contribution < 1.29 is 0 Å². The summed E-state index contributed by atoms with van der Waals surface area (Å²) in [4.78, 5) is 0. The van der Waals surface area contributed by atoms with Crippen LogP contribution in [0.4, 0.5) is 11.4 Å². The molecule has 1 N–H and O–H groups in total. The summed E-state index contributed by atoms with van der Waals surface area (Å²) in [5.41, 5.74) is 20.9. The van der Waals surface area contributed by atoms with Gasteiger partial charge in [0.15, 0.2) is 0 Å². The minimum Gasteiger partial charge on any atom is -0.355 e. The average Bonchev–Trinajstić information content (AvgIpc) is 3.89. The van der Waals surface area contributed by atoms with Crippen molar-refractivity contribution in [2.75, 3.05) is 5.32 Å². The van der Waals surface area contributed by atoms with Gasteiger partial charge in [0.1, 0.15) is 0 Å². The van der Waals surface area contributed by atoms with Crippen LogP contribution in [0.15, 0.2) is 212 Å². The molecule has 0 atom stereocenters. The van der Waals surface area contributed by atoms with Gasteiger partial charge in [0.05, 0.1) is 16.4 Å². The Kier molecular flexibility index (Phi) is 6.88. The van der Waals surface area contributed by atoms with Crippen molar-refractivity contribution >= 4 is 33.2 Å². The molecule has 57 heavy (non-hydrogen) atoms. The third kappa shape index (κ3) is 4.59. The monoisotopic (exact) mass is 724 g/mol. The molecule has 1 aromatic heterocycles. The van der Waals surface area contributed by atoms with Crippen LogP contribution in [-0.4, -0.2) is 4.57 Å². The zero-order valence-corrected chi connectivity index (χ0v) is 31.2. The maximum atomic E-state index is 3.84. The van der Waals surface area contributed by atoms with E-state index in [0.717, 1.165) is 11.4 Å². The molecule has 2 nitrogen and oxygen atoms in total. The first-order chi connectivity index (χ1) is 28.3. The van der Waals surface area contributed by atoms with Crippen LogP contribution >= 0.6 is 0 Å². The highest BCUT2D eigenvalue weighted by Crippen LogP contribution is 2.63. The van der Waals surface area contributed by atoms with E-state index in [2.05, 4.69) is 222 Å². The fraction of sp³-hybridized carbons (Fsp3) is 0.0182. The van der Waals surface area contributed by atoms with Crippen molar-refractivity contribution in [2.24, 2.45) is 0 Å². The Bertz CT molecular complexity index is 3090. The van der Waals surface area contributed by atoms with Crippen molar-refractivity contribution in [2.45, 2.75) is 5.41 Å². The molecule has 0 amide bonds. The van der Waals surface area contributed by atoms with E-state index in [0.29, 0.717) is 0 Å². The lowest BCUT2D eigenvalue weighted by molar-refractivity contribution is 0.794. The minimum absolute atomic E-state index is 0.346. The molecular weight excluding hydrogens is 689 g/mol. The maximum absolute atomic E-state index is 3.84. The fourth-order valence-corrected chi connectivity index (χ4v) is 10.0. The van der Waals surface area contributed by atoms with Crippen LogP contribution < -0.4 is 5.32 Å². The molecule has 0 radical (unpaired) electrons. The van der Waals surface area contributed by atoms with Crippen LogP contribution in [0.1, 0.15) is 22.3 Å². The van der Waals surface area contributed by atoms with E-state index in [1.165, 1.54) is 94.3 Å². The Morgan fingerprint density at radius 3 is 1.32 bits per heavy atom. The highest BCUT2D eigenvalue weighted by molar-refractivity contribution is 6.09. The summed E-state index contributed by atoms with van der Waals surface area (Å²) < 4.78 is 2.37. The number of fused-ring (bicyclic) bond motifs is 13. The minimum atomic E-state index is -0.346. The number of aromatic nitrogens is 1. The van der Waals surface area contributed by atoms with E-state index in [1.807, 2.05) is 0 Å². The van der Waals surface area contributed by atoms with Gasteiger partial charge in [-0.05, 0) is 104 Å². The van der Waals surface area contributed by atoms with Gasteiger partial charge in [-0.25, -0.2) is 0 Å². The molecule has 9 aromatic carbocycles. The molecule has 0 saturated carbocycles. The van der Waals surface area contributed by atoms with E-state index in [4.69, 9.17) is 0 Å². The van der Waals surface area contributed by atoms with Gasteiger partial charge in [0, 0.05) is 33.4 Å². The quantitative estimate of drug-likeness (QED) is 0.187. The SMILES string of the molecule is c1ccc2c(c1)-c1ccccc1C21c2ccccc2-c2c(Nc3ccc(-c4ccc(-c5ccc(-n6c7ccccc7c7ccccc76)cc5)cc4)cc3)cccc21. The molecule has 1 heterocycles. The average molecular weight is 725 g/mol. The highest BCUT2D eigenvalue weighted by atomic mass is 15.0. The van der Waals surface area contributed by atoms with E-state index < -0.39 is 0 Å². The van der Waals surface area contributed by atoms with Crippen LogP contribution in [0.25, 0.3) is 72.0 Å². The molecular formula is C55H36N2. The van der Waals surface area contributed by atoms with Gasteiger partial charge in [-0.3, -0.25) is 0 Å². The Hall–Kier alpha value is -7.42. The number of anilines is 2. The van der Waals surface area contributed by atoms with Crippen LogP contribution in [-0.2, 0) is 5.41 Å². The van der Waals surface area contributed by atoms with Crippen LogP contribution in [0, 0.1) is 0 Å². The second kappa shape index (κ2) is 12.3. The summed E-state index contributed by atoms with van der Waals surface area (Å²) in [5, 5.41) is 6.40. The third-order valence-corrected chi connectivity index (χ3v) is 12.4. The lowest BCUT2D eigenvalue weighted by atomic mass is 9.70. The standard InChI is InChI=1S/C55H36N2/c1-6-17-47-42(12-1)43-13-2-7-18-48(43)55(47)49-19-8-3-16-46(49)54-50(55)20-11-21-51(54)56-40-32-28-38(29-33-40)36-24-26-37(27-25-36)39-30-34-41(35-31-39)57-52-22-9-4-14-44(52)45-15-5-10-23-53(45)57/h1-35,56H. The van der Waals surface area contributed by atoms with Gasteiger partial charge in [-0.1, -0.05) is 170 Å². The summed E-state index contributed by atoms with van der Waals surface area (Å²) in [5.74, 6) is 0. The second-order valence-corrected chi connectivity index (χ2v) is 15.3. The first-order valence-corrected chi connectivity index (χ1v) is 19.8. The van der Waals surface area contributed by atoms with E-state index in [1.54, 1.807) is 0 Å². The molecule has 12 rings (SSSR count). The van der Waals surface area contributed by atoms with Gasteiger partial charge in [-0.15, -0.1) is 0 Å². The second-order valence-electron chi connectivity index (χ2n) is 15.3. The van der Waals surface area contributed by atoms with Crippen molar-refractivity contribution in [3.63, 3.8) is 0 Å². The number of rotatable bonds is 5. The lowest BCUT2D eigenvalue weighted by Gasteiger charge is -2.30. The van der Waals surface area contributed by atoms with Crippen molar-refractivity contribution in [3.05, 3.63) is 235 Å². The Morgan fingerprint density at radius 2 is 0.754 bits per heavy atom. The Morgan fingerprint density at radius 1 is 0.333 bits per heavy atom. The third-order valence-electron chi connectivity index (χ3n) is 12.4. The Labute approximate surface area is 332 Å². The normalized spacial score (nSPS) is 13.1. The Balaban J connectivity index is 0.838. The molecule has 0 aliphatic heterocycles. The number of nitrogens with zero attached hydrogens (tertiary/aromatic N) is 1. The molecule has 2 aliphatic rings. The summed E-state index contributed by atoms with van der Waals surface area (Å²) in [6.07, 6.45) is 0. The summed E-state index contributed by atoms with van der Waals surface area (Å²) in [7, 11) is 0. The molecule has 2 heteroatoms. The summed E-state index contributed by atoms with van der Waals surface area (Å²) in [6, 6.07) is 77.8. The molecule has 10 aromatic rings. The molecule has 0 bridgehead atoms. The first-order valence-electron chi connectivity index (χ1n) is 19.8. The number of benzene rings is 9. The molecule has 0 fully saturated rings. The van der Waals surface area contributed by atoms with Gasteiger partial charge >= 0.3 is 0 Å². The van der Waals surface area contributed by atoms with E-state index >= 15 is 0 Å². The maximum Gasteiger partial charge on any atom is 0.0726 e. The highest BCUT2D eigenvalue weighted by Gasteiger charge is 2.51. The van der Waals surface area contributed by atoms with Gasteiger partial charge in [-0.2, -0.15) is 0 Å². The van der Waals surface area contributed by atoms with Crippen LogP contribution in [0.3, 0.4) is 0 Å². The molecule has 266 valence electrons. The fourth-order valence-electron chi connectivity index (χ4n) is 10.0. The molecule has 2 aliphatic carbocycles. The van der Waals surface area contributed by atoms with E-state index in [9.17, 15) is 0 Å².